The summed E-state index contributed by atoms with van der Waals surface area (Å²) in [5.41, 5.74) is 2.55. The maximum Gasteiger partial charge on any atom is 0.0340 e. The summed E-state index contributed by atoms with van der Waals surface area (Å²) < 4.78 is 0. The molecule has 90 valence electrons. The van der Waals surface area contributed by atoms with Gasteiger partial charge in [-0.05, 0) is 30.7 Å². The number of thioether (sulfide) groups is 1. The van der Waals surface area contributed by atoms with Gasteiger partial charge in [0, 0.05) is 18.0 Å². The third-order valence-electron chi connectivity index (χ3n) is 2.73. The van der Waals surface area contributed by atoms with Crippen LogP contribution in [0, 0.1) is 12.8 Å². The van der Waals surface area contributed by atoms with Crippen LogP contribution < -0.4 is 5.32 Å². The van der Waals surface area contributed by atoms with Crippen LogP contribution in [0.1, 0.15) is 25.8 Å². The van der Waals surface area contributed by atoms with Crippen molar-refractivity contribution in [1.82, 2.24) is 0 Å². The highest BCUT2D eigenvalue weighted by molar-refractivity contribution is 7.99. The molecule has 0 aliphatic rings. The minimum absolute atomic E-state index is 0.851. The van der Waals surface area contributed by atoms with Gasteiger partial charge in [0.05, 0.1) is 0 Å². The summed E-state index contributed by atoms with van der Waals surface area (Å²) in [7, 11) is 0. The summed E-state index contributed by atoms with van der Waals surface area (Å²) in [4.78, 5) is 0. The van der Waals surface area contributed by atoms with Crippen molar-refractivity contribution >= 4 is 17.4 Å². The monoisotopic (exact) mass is 237 g/mol. The Morgan fingerprint density at radius 3 is 2.56 bits per heavy atom. The number of benzene rings is 1. The van der Waals surface area contributed by atoms with Gasteiger partial charge in [-0.2, -0.15) is 11.8 Å². The van der Waals surface area contributed by atoms with Gasteiger partial charge in [0.25, 0.3) is 0 Å². The fraction of sp³-hybridized carbons (Fsp3) is 0.571. The van der Waals surface area contributed by atoms with E-state index in [2.05, 4.69) is 50.4 Å². The lowest BCUT2D eigenvalue weighted by Gasteiger charge is -2.09. The molecule has 0 saturated carbocycles. The van der Waals surface area contributed by atoms with Crippen LogP contribution in [0.5, 0.6) is 0 Å². The van der Waals surface area contributed by atoms with Gasteiger partial charge in [-0.25, -0.2) is 0 Å². The van der Waals surface area contributed by atoms with Gasteiger partial charge >= 0.3 is 0 Å². The van der Waals surface area contributed by atoms with Gasteiger partial charge in [0.1, 0.15) is 0 Å². The van der Waals surface area contributed by atoms with E-state index in [1.54, 1.807) is 0 Å². The molecule has 0 spiro atoms. The van der Waals surface area contributed by atoms with E-state index < -0.39 is 0 Å². The van der Waals surface area contributed by atoms with E-state index in [0.29, 0.717) is 0 Å². The average Bonchev–Trinajstić information content (AvgIpc) is 2.31. The molecule has 0 radical (unpaired) electrons. The van der Waals surface area contributed by atoms with E-state index >= 15 is 0 Å². The van der Waals surface area contributed by atoms with Crippen LogP contribution >= 0.6 is 11.8 Å². The van der Waals surface area contributed by atoms with Crippen LogP contribution in [0.3, 0.4) is 0 Å². The molecule has 1 atom stereocenters. The molecule has 1 nitrogen and oxygen atoms in total. The van der Waals surface area contributed by atoms with Crippen LogP contribution in [0.4, 0.5) is 5.69 Å². The summed E-state index contributed by atoms with van der Waals surface area (Å²) >= 11 is 2.05. The van der Waals surface area contributed by atoms with Crippen molar-refractivity contribution in [1.29, 1.82) is 0 Å². The van der Waals surface area contributed by atoms with Crippen LogP contribution in [-0.4, -0.2) is 18.1 Å². The molecule has 0 fully saturated rings. The third-order valence-corrected chi connectivity index (χ3v) is 4.02. The van der Waals surface area contributed by atoms with Gasteiger partial charge in [0.15, 0.2) is 0 Å². The van der Waals surface area contributed by atoms with Gasteiger partial charge in [0.2, 0.25) is 0 Å². The molecule has 16 heavy (non-hydrogen) atoms. The largest absolute Gasteiger partial charge is 0.384 e. The van der Waals surface area contributed by atoms with E-state index in [1.807, 2.05) is 11.8 Å². The lowest BCUT2D eigenvalue weighted by atomic mass is 10.2. The molecule has 0 amide bonds. The van der Waals surface area contributed by atoms with Crippen molar-refractivity contribution < 1.29 is 0 Å². The Hall–Kier alpha value is -0.630. The van der Waals surface area contributed by atoms with Crippen LogP contribution in [-0.2, 0) is 0 Å². The second-order valence-corrected chi connectivity index (χ2v) is 5.53. The number of nitrogens with one attached hydrogen (secondary N) is 1. The van der Waals surface area contributed by atoms with Crippen LogP contribution in [0.25, 0.3) is 0 Å². The molecule has 0 saturated heterocycles. The van der Waals surface area contributed by atoms with Crippen LogP contribution in [0.15, 0.2) is 24.3 Å². The summed E-state index contributed by atoms with van der Waals surface area (Å²) in [5, 5.41) is 3.44. The number of aryl methyl sites for hydroxylation is 1. The Bertz CT molecular complexity index is 281. The van der Waals surface area contributed by atoms with Crippen LogP contribution in [0.2, 0.25) is 0 Å². The zero-order valence-electron chi connectivity index (χ0n) is 10.6. The van der Waals surface area contributed by atoms with E-state index in [1.165, 1.54) is 29.2 Å². The van der Waals surface area contributed by atoms with Crippen molar-refractivity contribution in [3.63, 3.8) is 0 Å². The standard InChI is InChI=1S/C14H23NS/c1-4-12(2)11-16-10-9-15-14-7-5-13(3)6-8-14/h5-8,12,15H,4,9-11H2,1-3H3. The number of rotatable bonds is 7. The zero-order valence-corrected chi connectivity index (χ0v) is 11.4. The van der Waals surface area contributed by atoms with Gasteiger partial charge in [-0.3, -0.25) is 0 Å². The molecule has 1 aromatic carbocycles. The van der Waals surface area contributed by atoms with Gasteiger partial charge < -0.3 is 5.32 Å². The lowest BCUT2D eigenvalue weighted by Crippen LogP contribution is -2.06. The Balaban J connectivity index is 2.09. The quantitative estimate of drug-likeness (QED) is 0.714. The fourth-order valence-electron chi connectivity index (χ4n) is 1.34. The molecule has 0 aliphatic heterocycles. The topological polar surface area (TPSA) is 12.0 Å². The summed E-state index contributed by atoms with van der Waals surface area (Å²) in [6.45, 7) is 7.76. The molecular formula is C14H23NS. The van der Waals surface area contributed by atoms with Gasteiger partial charge in [-0.1, -0.05) is 38.0 Å². The molecule has 1 rings (SSSR count). The summed E-state index contributed by atoms with van der Waals surface area (Å²) in [6, 6.07) is 8.59. The van der Waals surface area contributed by atoms with E-state index in [0.717, 1.165) is 12.5 Å². The third kappa shape index (κ3) is 5.45. The number of anilines is 1. The lowest BCUT2D eigenvalue weighted by molar-refractivity contribution is 0.637. The minimum atomic E-state index is 0.851. The predicted octanol–water partition coefficient (Wildman–Crippen LogP) is 4.19. The van der Waals surface area contributed by atoms with Crippen molar-refractivity contribution in [3.05, 3.63) is 29.8 Å². The number of hydrogen-bond donors (Lipinski definition) is 1. The molecular weight excluding hydrogens is 214 g/mol. The summed E-state index contributed by atoms with van der Waals surface area (Å²) in [6.07, 6.45) is 1.29. The second kappa shape index (κ2) is 7.61. The Morgan fingerprint density at radius 2 is 1.94 bits per heavy atom. The van der Waals surface area contributed by atoms with E-state index in [9.17, 15) is 0 Å². The minimum Gasteiger partial charge on any atom is -0.384 e. The fourth-order valence-corrected chi connectivity index (χ4v) is 2.39. The van der Waals surface area contributed by atoms with Crippen molar-refractivity contribution in [3.8, 4) is 0 Å². The van der Waals surface area contributed by atoms with Crippen molar-refractivity contribution in [2.45, 2.75) is 27.2 Å². The first-order valence-corrected chi connectivity index (χ1v) is 7.26. The molecule has 0 aromatic heterocycles. The molecule has 2 heteroatoms. The molecule has 0 aliphatic carbocycles. The molecule has 1 unspecified atom stereocenters. The molecule has 0 bridgehead atoms. The first kappa shape index (κ1) is 13.4. The average molecular weight is 237 g/mol. The SMILES string of the molecule is CCC(C)CSCCNc1ccc(C)cc1. The van der Waals surface area contributed by atoms with Gasteiger partial charge in [-0.15, -0.1) is 0 Å². The molecule has 0 heterocycles. The first-order chi connectivity index (χ1) is 7.72. The highest BCUT2D eigenvalue weighted by Gasteiger charge is 1.98. The summed E-state index contributed by atoms with van der Waals surface area (Å²) in [5.74, 6) is 3.33. The maximum atomic E-state index is 3.44. The van der Waals surface area contributed by atoms with Crippen molar-refractivity contribution in [2.75, 3.05) is 23.4 Å². The molecule has 1 aromatic rings. The molecule has 1 N–H and O–H groups in total. The normalized spacial score (nSPS) is 12.4. The predicted molar refractivity (Wildman–Crippen MR) is 76.4 cm³/mol. The zero-order chi connectivity index (χ0) is 11.8. The smallest absolute Gasteiger partial charge is 0.0340 e. The highest BCUT2D eigenvalue weighted by Crippen LogP contribution is 2.12. The first-order valence-electron chi connectivity index (χ1n) is 6.10. The van der Waals surface area contributed by atoms with Crippen molar-refractivity contribution in [2.24, 2.45) is 5.92 Å². The van der Waals surface area contributed by atoms with E-state index in [-0.39, 0.29) is 0 Å². The Morgan fingerprint density at radius 1 is 1.25 bits per heavy atom. The highest BCUT2D eigenvalue weighted by atomic mass is 32.2. The number of hydrogen-bond acceptors (Lipinski definition) is 2. The Kier molecular flexibility index (Phi) is 6.39. The Labute approximate surface area is 104 Å². The maximum absolute atomic E-state index is 3.44. The van der Waals surface area contributed by atoms with E-state index in [4.69, 9.17) is 0 Å². The second-order valence-electron chi connectivity index (χ2n) is 4.38.